The average Bonchev–Trinajstić information content (AvgIpc) is 3.01. The maximum Gasteiger partial charge on any atom is 0.118 e. The second-order valence-electron chi connectivity index (χ2n) is 5.06. The first-order valence-electron chi connectivity index (χ1n) is 6.18. The second kappa shape index (κ2) is 5.07. The molecule has 3 heteroatoms. The predicted molar refractivity (Wildman–Crippen MR) is 68.2 cm³/mol. The predicted octanol–water partition coefficient (Wildman–Crippen LogP) is 2.07. The van der Waals surface area contributed by atoms with E-state index in [4.69, 9.17) is 4.74 Å². The molecular weight excluding hydrogens is 214 g/mol. The summed E-state index contributed by atoms with van der Waals surface area (Å²) in [5, 5.41) is 9.36. The van der Waals surface area contributed by atoms with Gasteiger partial charge in [-0.25, -0.2) is 0 Å². The summed E-state index contributed by atoms with van der Waals surface area (Å²) in [6.07, 6.45) is 0. The average molecular weight is 235 g/mol. The standard InChI is InChI=1S/C14H21NO2/c1-10(2)8-15-13(9-16)14(15)11-4-6-12(17-3)7-5-11/h4-7,10,13-14,16H,8-9H2,1-3H3/t13-,14-,15?/m1/s1. The summed E-state index contributed by atoms with van der Waals surface area (Å²) >= 11 is 0. The fourth-order valence-corrected chi connectivity index (χ4v) is 2.42. The second-order valence-corrected chi connectivity index (χ2v) is 5.06. The first-order valence-corrected chi connectivity index (χ1v) is 6.18. The number of methoxy groups -OCH3 is 1. The molecule has 17 heavy (non-hydrogen) atoms. The van der Waals surface area contributed by atoms with Crippen molar-refractivity contribution >= 4 is 0 Å². The van der Waals surface area contributed by atoms with Crippen LogP contribution in [-0.4, -0.2) is 36.3 Å². The highest BCUT2D eigenvalue weighted by Crippen LogP contribution is 2.43. The van der Waals surface area contributed by atoms with Crippen LogP contribution in [0.3, 0.4) is 0 Å². The van der Waals surface area contributed by atoms with Crippen molar-refractivity contribution < 1.29 is 9.84 Å². The number of ether oxygens (including phenoxy) is 1. The lowest BCUT2D eigenvalue weighted by molar-refractivity contribution is 0.267. The largest absolute Gasteiger partial charge is 0.497 e. The van der Waals surface area contributed by atoms with Gasteiger partial charge in [0.15, 0.2) is 0 Å². The molecule has 1 aliphatic rings. The molecule has 0 amide bonds. The monoisotopic (exact) mass is 235 g/mol. The van der Waals surface area contributed by atoms with Crippen LogP contribution >= 0.6 is 0 Å². The highest BCUT2D eigenvalue weighted by atomic mass is 16.5. The van der Waals surface area contributed by atoms with Gasteiger partial charge in [0, 0.05) is 6.54 Å². The number of aliphatic hydroxyl groups is 1. The van der Waals surface area contributed by atoms with Crippen LogP contribution in [-0.2, 0) is 0 Å². The third-order valence-corrected chi connectivity index (χ3v) is 3.28. The molecule has 1 aliphatic heterocycles. The summed E-state index contributed by atoms with van der Waals surface area (Å²) in [6, 6.07) is 8.82. The first-order chi connectivity index (χ1) is 8.17. The van der Waals surface area contributed by atoms with Gasteiger partial charge in [0.1, 0.15) is 5.75 Å². The van der Waals surface area contributed by atoms with Gasteiger partial charge in [0.2, 0.25) is 0 Å². The number of aliphatic hydroxyl groups excluding tert-OH is 1. The van der Waals surface area contributed by atoms with Crippen LogP contribution in [0.2, 0.25) is 0 Å². The van der Waals surface area contributed by atoms with Crippen molar-refractivity contribution in [1.82, 2.24) is 4.90 Å². The normalized spacial score (nSPS) is 27.2. The molecule has 0 bridgehead atoms. The van der Waals surface area contributed by atoms with Gasteiger partial charge in [-0.1, -0.05) is 26.0 Å². The molecule has 0 radical (unpaired) electrons. The number of nitrogens with zero attached hydrogens (tertiary/aromatic N) is 1. The van der Waals surface area contributed by atoms with E-state index < -0.39 is 0 Å². The molecule has 1 fully saturated rings. The fourth-order valence-electron chi connectivity index (χ4n) is 2.42. The molecule has 3 nitrogen and oxygen atoms in total. The quantitative estimate of drug-likeness (QED) is 0.793. The van der Waals surface area contributed by atoms with Crippen molar-refractivity contribution in [2.45, 2.75) is 25.9 Å². The summed E-state index contributed by atoms with van der Waals surface area (Å²) in [5.74, 6) is 1.51. The topological polar surface area (TPSA) is 32.5 Å². The van der Waals surface area contributed by atoms with E-state index >= 15 is 0 Å². The van der Waals surface area contributed by atoms with Gasteiger partial charge in [-0.05, 0) is 23.6 Å². The molecule has 94 valence electrons. The minimum Gasteiger partial charge on any atom is -0.497 e. The van der Waals surface area contributed by atoms with Crippen molar-refractivity contribution in [3.8, 4) is 5.75 Å². The highest BCUT2D eigenvalue weighted by molar-refractivity contribution is 5.33. The summed E-state index contributed by atoms with van der Waals surface area (Å²) < 4.78 is 5.15. The number of hydrogen-bond donors (Lipinski definition) is 1. The maximum absolute atomic E-state index is 9.36. The van der Waals surface area contributed by atoms with Gasteiger partial charge in [0.05, 0.1) is 25.8 Å². The highest BCUT2D eigenvalue weighted by Gasteiger charge is 2.47. The Hall–Kier alpha value is -1.06. The van der Waals surface area contributed by atoms with Crippen LogP contribution < -0.4 is 4.74 Å². The summed E-state index contributed by atoms with van der Waals surface area (Å²) in [6.45, 7) is 5.70. The van der Waals surface area contributed by atoms with Gasteiger partial charge in [-0.3, -0.25) is 4.90 Å². The molecule has 1 aromatic carbocycles. The Balaban J connectivity index is 2.06. The number of hydrogen-bond acceptors (Lipinski definition) is 3. The molecule has 1 N–H and O–H groups in total. The Kier molecular flexibility index (Phi) is 3.69. The fraction of sp³-hybridized carbons (Fsp3) is 0.571. The van der Waals surface area contributed by atoms with E-state index in [0.29, 0.717) is 18.0 Å². The summed E-state index contributed by atoms with van der Waals surface area (Å²) in [4.78, 5) is 2.35. The maximum atomic E-state index is 9.36. The third kappa shape index (κ3) is 2.61. The minimum atomic E-state index is 0.239. The zero-order valence-electron chi connectivity index (χ0n) is 10.8. The van der Waals surface area contributed by atoms with Crippen LogP contribution in [0.15, 0.2) is 24.3 Å². The molecule has 1 aromatic rings. The molecule has 2 rings (SSSR count). The van der Waals surface area contributed by atoms with E-state index in [1.54, 1.807) is 7.11 Å². The Labute approximate surface area is 103 Å². The van der Waals surface area contributed by atoms with Crippen molar-refractivity contribution in [1.29, 1.82) is 0 Å². The first kappa shape index (κ1) is 12.4. The Morgan fingerprint density at radius 2 is 1.94 bits per heavy atom. The van der Waals surface area contributed by atoms with Gasteiger partial charge >= 0.3 is 0 Å². The van der Waals surface area contributed by atoms with Crippen LogP contribution in [0.4, 0.5) is 0 Å². The Morgan fingerprint density at radius 1 is 1.29 bits per heavy atom. The van der Waals surface area contributed by atoms with E-state index in [2.05, 4.69) is 30.9 Å². The smallest absolute Gasteiger partial charge is 0.118 e. The number of rotatable bonds is 5. The van der Waals surface area contributed by atoms with Gasteiger partial charge in [0.25, 0.3) is 0 Å². The molecule has 0 aromatic heterocycles. The molecule has 1 unspecified atom stereocenters. The molecular formula is C14H21NO2. The summed E-state index contributed by atoms with van der Waals surface area (Å²) in [5.41, 5.74) is 1.27. The molecule has 0 spiro atoms. The lowest BCUT2D eigenvalue weighted by Gasteiger charge is -2.07. The van der Waals surface area contributed by atoms with Crippen LogP contribution in [0.5, 0.6) is 5.75 Å². The SMILES string of the molecule is COc1ccc([C@@H]2[C@@H](CO)N2CC(C)C)cc1. The Morgan fingerprint density at radius 3 is 2.41 bits per heavy atom. The number of benzene rings is 1. The van der Waals surface area contributed by atoms with E-state index in [1.165, 1.54) is 5.56 Å². The lowest BCUT2D eigenvalue weighted by atomic mass is 10.1. The van der Waals surface area contributed by atoms with Gasteiger partial charge in [-0.2, -0.15) is 0 Å². The minimum absolute atomic E-state index is 0.239. The van der Waals surface area contributed by atoms with E-state index in [9.17, 15) is 5.11 Å². The molecule has 3 atom stereocenters. The van der Waals surface area contributed by atoms with E-state index in [-0.39, 0.29) is 6.61 Å². The van der Waals surface area contributed by atoms with Crippen molar-refractivity contribution in [2.24, 2.45) is 5.92 Å². The van der Waals surface area contributed by atoms with Crippen molar-refractivity contribution in [3.05, 3.63) is 29.8 Å². The molecule has 0 aliphatic carbocycles. The lowest BCUT2D eigenvalue weighted by Crippen LogP contribution is -2.11. The van der Waals surface area contributed by atoms with Crippen molar-refractivity contribution in [2.75, 3.05) is 20.3 Å². The van der Waals surface area contributed by atoms with Gasteiger partial charge < -0.3 is 9.84 Å². The van der Waals surface area contributed by atoms with Crippen LogP contribution in [0.1, 0.15) is 25.5 Å². The molecule has 0 saturated carbocycles. The van der Waals surface area contributed by atoms with Crippen LogP contribution in [0.25, 0.3) is 0 Å². The van der Waals surface area contributed by atoms with Gasteiger partial charge in [-0.15, -0.1) is 0 Å². The van der Waals surface area contributed by atoms with Crippen molar-refractivity contribution in [3.63, 3.8) is 0 Å². The summed E-state index contributed by atoms with van der Waals surface area (Å²) in [7, 11) is 1.67. The zero-order chi connectivity index (χ0) is 12.4. The van der Waals surface area contributed by atoms with Crippen LogP contribution in [0, 0.1) is 5.92 Å². The van der Waals surface area contributed by atoms with E-state index in [1.807, 2.05) is 12.1 Å². The van der Waals surface area contributed by atoms with E-state index in [0.717, 1.165) is 12.3 Å². The molecule has 1 saturated heterocycles. The third-order valence-electron chi connectivity index (χ3n) is 3.28. The Bertz CT molecular complexity index is 361. The molecule has 1 heterocycles. The zero-order valence-corrected chi connectivity index (χ0v) is 10.8.